The first-order chi connectivity index (χ1) is 10.3. The first-order valence-electron chi connectivity index (χ1n) is 7.25. The molecule has 1 aliphatic carbocycles. The van der Waals surface area contributed by atoms with Gasteiger partial charge in [-0.25, -0.2) is 12.8 Å². The van der Waals surface area contributed by atoms with Gasteiger partial charge in [-0.15, -0.1) is 0 Å². The lowest BCUT2D eigenvalue weighted by Gasteiger charge is -2.17. The average molecular weight is 348 g/mol. The molecule has 1 atom stereocenters. The predicted molar refractivity (Wildman–Crippen MR) is 83.9 cm³/mol. The summed E-state index contributed by atoms with van der Waals surface area (Å²) in [6.07, 6.45) is 3.89. The number of hydrogen-bond acceptors (Lipinski definition) is 3. The summed E-state index contributed by atoms with van der Waals surface area (Å²) >= 11 is 5.85. The third-order valence-electron chi connectivity index (χ3n) is 3.98. The fourth-order valence-electron chi connectivity index (χ4n) is 2.53. The van der Waals surface area contributed by atoms with Gasteiger partial charge < -0.3 is 5.32 Å². The van der Waals surface area contributed by atoms with Crippen LogP contribution in [0.1, 0.15) is 38.2 Å². The van der Waals surface area contributed by atoms with Crippen LogP contribution in [0.3, 0.4) is 0 Å². The molecule has 1 amide bonds. The van der Waals surface area contributed by atoms with Crippen LogP contribution in [0.15, 0.2) is 18.2 Å². The maximum Gasteiger partial charge on any atom is 0.238 e. The van der Waals surface area contributed by atoms with E-state index in [4.69, 9.17) is 11.6 Å². The van der Waals surface area contributed by atoms with Crippen LogP contribution in [0, 0.1) is 5.82 Å². The van der Waals surface area contributed by atoms with Gasteiger partial charge in [0.05, 0.1) is 5.75 Å². The predicted octanol–water partition coefficient (Wildman–Crippen LogP) is 2.84. The van der Waals surface area contributed by atoms with Crippen LogP contribution < -0.4 is 5.32 Å². The van der Waals surface area contributed by atoms with Crippen molar-refractivity contribution < 1.29 is 17.6 Å². The number of carbonyl (C=O) groups excluding carboxylic acids is 1. The molecule has 0 aliphatic heterocycles. The highest BCUT2D eigenvalue weighted by Crippen LogP contribution is 2.22. The van der Waals surface area contributed by atoms with Crippen molar-refractivity contribution in [3.05, 3.63) is 34.6 Å². The third-order valence-corrected chi connectivity index (χ3v) is 6.34. The van der Waals surface area contributed by atoms with E-state index in [-0.39, 0.29) is 16.8 Å². The van der Waals surface area contributed by atoms with E-state index in [0.717, 1.165) is 37.8 Å². The lowest BCUT2D eigenvalue weighted by atomic mass is 10.2. The number of carbonyl (C=O) groups is 1. The van der Waals surface area contributed by atoms with Crippen LogP contribution in [-0.4, -0.2) is 25.6 Å². The van der Waals surface area contributed by atoms with Gasteiger partial charge in [0.25, 0.3) is 0 Å². The van der Waals surface area contributed by atoms with Crippen LogP contribution in [0.25, 0.3) is 0 Å². The van der Waals surface area contributed by atoms with Gasteiger partial charge >= 0.3 is 0 Å². The summed E-state index contributed by atoms with van der Waals surface area (Å²) in [6.45, 7) is 1.37. The van der Waals surface area contributed by atoms with Crippen molar-refractivity contribution in [3.63, 3.8) is 0 Å². The zero-order valence-electron chi connectivity index (χ0n) is 12.3. The third kappa shape index (κ3) is 4.20. The Labute approximate surface area is 135 Å². The highest BCUT2D eigenvalue weighted by molar-refractivity contribution is 7.92. The second-order valence-electron chi connectivity index (χ2n) is 5.68. The molecule has 1 N–H and O–H groups in total. The fraction of sp³-hybridized carbons (Fsp3) is 0.533. The first kappa shape index (κ1) is 17.2. The summed E-state index contributed by atoms with van der Waals surface area (Å²) in [5, 5.41) is 1.67. The molecule has 1 aliphatic rings. The van der Waals surface area contributed by atoms with Crippen LogP contribution in [0.4, 0.5) is 4.39 Å². The Morgan fingerprint density at radius 3 is 2.64 bits per heavy atom. The summed E-state index contributed by atoms with van der Waals surface area (Å²) < 4.78 is 37.7. The van der Waals surface area contributed by atoms with E-state index in [0.29, 0.717) is 5.56 Å². The smallest absolute Gasteiger partial charge is 0.238 e. The molecule has 1 saturated carbocycles. The van der Waals surface area contributed by atoms with Gasteiger partial charge in [-0.2, -0.15) is 0 Å². The van der Waals surface area contributed by atoms with Gasteiger partial charge in [-0.05, 0) is 37.5 Å². The monoisotopic (exact) mass is 347 g/mol. The van der Waals surface area contributed by atoms with Crippen LogP contribution in [-0.2, 0) is 20.4 Å². The zero-order valence-corrected chi connectivity index (χ0v) is 13.9. The molecule has 0 aromatic heterocycles. The molecule has 0 heterocycles. The van der Waals surface area contributed by atoms with E-state index in [1.54, 1.807) is 0 Å². The van der Waals surface area contributed by atoms with Crippen molar-refractivity contribution in [1.29, 1.82) is 0 Å². The van der Waals surface area contributed by atoms with Crippen molar-refractivity contribution in [2.24, 2.45) is 0 Å². The minimum absolute atomic E-state index is 0.0481. The van der Waals surface area contributed by atoms with Gasteiger partial charge in [0.15, 0.2) is 9.84 Å². The molecular weight excluding hydrogens is 329 g/mol. The Morgan fingerprint density at radius 1 is 1.41 bits per heavy atom. The molecular formula is C15H19ClFNO3S. The Morgan fingerprint density at radius 2 is 2.05 bits per heavy atom. The van der Waals surface area contributed by atoms with E-state index in [1.807, 2.05) is 0 Å². The molecule has 22 heavy (non-hydrogen) atoms. The molecule has 0 radical (unpaired) electrons. The highest BCUT2D eigenvalue weighted by Gasteiger charge is 2.30. The molecule has 7 heteroatoms. The number of halogens is 2. The summed E-state index contributed by atoms with van der Waals surface area (Å²) in [7, 11) is -3.71. The minimum atomic E-state index is -3.71. The highest BCUT2D eigenvalue weighted by atomic mass is 35.5. The number of benzene rings is 1. The number of nitrogens with one attached hydrogen (secondary N) is 1. The standard InChI is InChI=1S/C15H19ClFNO3S/c1-10(15(19)18-13-4-2-3-5-13)22(20,21)9-11-6-7-12(17)8-14(11)16/h6-8,10,13H,2-5,9H2,1H3,(H,18,19)/t10-/m0/s1. The molecule has 0 spiro atoms. The van der Waals surface area contributed by atoms with E-state index < -0.39 is 26.8 Å². The molecule has 1 aromatic rings. The summed E-state index contributed by atoms with van der Waals surface area (Å²) in [6, 6.07) is 3.62. The van der Waals surface area contributed by atoms with Crippen molar-refractivity contribution in [1.82, 2.24) is 5.32 Å². The quantitative estimate of drug-likeness (QED) is 0.890. The average Bonchev–Trinajstić information content (AvgIpc) is 2.94. The lowest BCUT2D eigenvalue weighted by molar-refractivity contribution is -0.121. The number of sulfone groups is 1. The molecule has 1 aromatic carbocycles. The van der Waals surface area contributed by atoms with Crippen LogP contribution in [0.2, 0.25) is 5.02 Å². The Kier molecular flexibility index (Phi) is 5.45. The van der Waals surface area contributed by atoms with E-state index >= 15 is 0 Å². The minimum Gasteiger partial charge on any atom is -0.352 e. The fourth-order valence-corrected chi connectivity index (χ4v) is 4.17. The van der Waals surface area contributed by atoms with Crippen molar-refractivity contribution in [2.45, 2.75) is 49.7 Å². The molecule has 1 fully saturated rings. The second kappa shape index (κ2) is 6.96. The SMILES string of the molecule is C[C@@H](C(=O)NC1CCCC1)S(=O)(=O)Cc1ccc(F)cc1Cl. The van der Waals surface area contributed by atoms with E-state index in [1.165, 1.54) is 13.0 Å². The largest absolute Gasteiger partial charge is 0.352 e. The van der Waals surface area contributed by atoms with Crippen molar-refractivity contribution in [2.75, 3.05) is 0 Å². The molecule has 2 rings (SSSR count). The molecule has 122 valence electrons. The van der Waals surface area contributed by atoms with Crippen LogP contribution >= 0.6 is 11.6 Å². The summed E-state index contributed by atoms with van der Waals surface area (Å²) in [5.74, 6) is -1.39. The summed E-state index contributed by atoms with van der Waals surface area (Å²) in [4.78, 5) is 12.1. The molecule has 0 bridgehead atoms. The van der Waals surface area contributed by atoms with E-state index in [9.17, 15) is 17.6 Å². The topological polar surface area (TPSA) is 63.2 Å². The van der Waals surface area contributed by atoms with Gasteiger partial charge in [-0.1, -0.05) is 30.5 Å². The second-order valence-corrected chi connectivity index (χ2v) is 8.40. The van der Waals surface area contributed by atoms with Gasteiger partial charge in [-0.3, -0.25) is 4.79 Å². The zero-order chi connectivity index (χ0) is 16.3. The van der Waals surface area contributed by atoms with Gasteiger partial charge in [0, 0.05) is 11.1 Å². The van der Waals surface area contributed by atoms with Gasteiger partial charge in [0.2, 0.25) is 5.91 Å². The number of hydrogen-bond donors (Lipinski definition) is 1. The molecule has 0 unspecified atom stereocenters. The van der Waals surface area contributed by atoms with Crippen LogP contribution in [0.5, 0.6) is 0 Å². The Balaban J connectivity index is 2.06. The maximum atomic E-state index is 13.0. The number of amides is 1. The Bertz CT molecular complexity index is 657. The molecule has 0 saturated heterocycles. The van der Waals surface area contributed by atoms with E-state index in [2.05, 4.69) is 5.32 Å². The normalized spacial score (nSPS) is 17.4. The maximum absolute atomic E-state index is 13.0. The first-order valence-corrected chi connectivity index (χ1v) is 9.35. The lowest BCUT2D eigenvalue weighted by Crippen LogP contribution is -2.42. The number of rotatable bonds is 5. The molecule has 4 nitrogen and oxygen atoms in total. The van der Waals surface area contributed by atoms with Gasteiger partial charge in [0.1, 0.15) is 11.1 Å². The van der Waals surface area contributed by atoms with Crippen molar-refractivity contribution in [3.8, 4) is 0 Å². The summed E-state index contributed by atoms with van der Waals surface area (Å²) in [5.41, 5.74) is 0.295. The van der Waals surface area contributed by atoms with Crippen molar-refractivity contribution >= 4 is 27.3 Å². The Hall–Kier alpha value is -1.14.